The molecule has 2 aromatic rings. The maximum absolute atomic E-state index is 12.6. The van der Waals surface area contributed by atoms with Gasteiger partial charge in [0.1, 0.15) is 0 Å². The van der Waals surface area contributed by atoms with Crippen LogP contribution < -0.4 is 10.1 Å². The number of hydrogen-bond donors (Lipinski definition) is 1. The number of ether oxygens (including phenoxy) is 1. The topological polar surface area (TPSA) is 128 Å². The zero-order valence-electron chi connectivity index (χ0n) is 16.5. The third-order valence-corrected chi connectivity index (χ3v) is 7.03. The molecule has 2 fully saturated rings. The van der Waals surface area contributed by atoms with Gasteiger partial charge < -0.3 is 14.6 Å². The largest absolute Gasteiger partial charge is 0.481 e. The highest BCUT2D eigenvalue weighted by Crippen LogP contribution is 2.50. The fourth-order valence-electron chi connectivity index (χ4n) is 4.42. The van der Waals surface area contributed by atoms with Gasteiger partial charge in [-0.1, -0.05) is 5.16 Å². The van der Waals surface area contributed by atoms with Crippen LogP contribution in [0.25, 0.3) is 0 Å². The first-order chi connectivity index (χ1) is 13.7. The Morgan fingerprint density at radius 2 is 2.21 bits per heavy atom. The first-order valence-corrected chi connectivity index (χ1v) is 11.1. The molecule has 4 rings (SSSR count). The highest BCUT2D eigenvalue weighted by atomic mass is 32.2. The molecule has 1 saturated carbocycles. The van der Waals surface area contributed by atoms with Crippen LogP contribution >= 0.6 is 0 Å². The number of sulfonamides is 1. The third-order valence-electron chi connectivity index (χ3n) is 5.81. The van der Waals surface area contributed by atoms with Crippen molar-refractivity contribution in [2.75, 3.05) is 26.5 Å². The minimum Gasteiger partial charge on any atom is -0.481 e. The first kappa shape index (κ1) is 19.8. The predicted octanol–water partition coefficient (Wildman–Crippen LogP) is 0.503. The number of aryl methyl sites for hydroxylation is 1. The lowest BCUT2D eigenvalue weighted by Gasteiger charge is -2.24. The number of rotatable bonds is 5. The second-order valence-corrected chi connectivity index (χ2v) is 9.74. The van der Waals surface area contributed by atoms with Crippen molar-refractivity contribution in [1.82, 2.24) is 24.7 Å². The fraction of sp³-hybridized carbons (Fsp3) is 0.556. The summed E-state index contributed by atoms with van der Waals surface area (Å²) in [5, 5.41) is 6.93. The van der Waals surface area contributed by atoms with Crippen molar-refractivity contribution in [3.8, 4) is 5.88 Å². The molecule has 11 heteroatoms. The summed E-state index contributed by atoms with van der Waals surface area (Å²) in [6.45, 7) is 2.37. The highest BCUT2D eigenvalue weighted by molar-refractivity contribution is 7.88. The first-order valence-electron chi connectivity index (χ1n) is 9.28. The van der Waals surface area contributed by atoms with Crippen molar-refractivity contribution in [3.63, 3.8) is 0 Å². The molecule has 1 N–H and O–H groups in total. The molecule has 1 aliphatic carbocycles. The van der Waals surface area contributed by atoms with Gasteiger partial charge in [0.05, 0.1) is 24.3 Å². The average molecular weight is 421 g/mol. The van der Waals surface area contributed by atoms with E-state index in [4.69, 9.17) is 9.26 Å². The number of carbonyl (C=O) groups excluding carboxylic acids is 1. The van der Waals surface area contributed by atoms with Gasteiger partial charge in [0.15, 0.2) is 5.82 Å². The number of fused-ring (bicyclic) bond motifs is 1. The maximum atomic E-state index is 12.6. The number of amides is 1. The van der Waals surface area contributed by atoms with E-state index in [1.807, 2.05) is 0 Å². The Bertz CT molecular complexity index is 1020. The fourth-order valence-corrected chi connectivity index (χ4v) is 5.34. The lowest BCUT2D eigenvalue weighted by atomic mass is 9.80. The van der Waals surface area contributed by atoms with Crippen LogP contribution in [0.1, 0.15) is 34.9 Å². The normalized spacial score (nSPS) is 27.0. The second kappa shape index (κ2) is 7.06. The quantitative estimate of drug-likeness (QED) is 0.739. The molecule has 29 heavy (non-hydrogen) atoms. The van der Waals surface area contributed by atoms with Crippen molar-refractivity contribution in [1.29, 1.82) is 0 Å². The molecule has 0 aromatic carbocycles. The Hall–Kier alpha value is -2.53. The molecule has 0 bridgehead atoms. The van der Waals surface area contributed by atoms with Gasteiger partial charge in [-0.3, -0.25) is 4.79 Å². The van der Waals surface area contributed by atoms with Crippen LogP contribution in [0, 0.1) is 12.8 Å². The van der Waals surface area contributed by atoms with Crippen molar-refractivity contribution in [2.24, 2.45) is 5.92 Å². The maximum Gasteiger partial charge on any atom is 0.253 e. The molecule has 0 spiro atoms. The van der Waals surface area contributed by atoms with Gasteiger partial charge >= 0.3 is 0 Å². The minimum atomic E-state index is -3.34. The summed E-state index contributed by atoms with van der Waals surface area (Å²) in [6, 6.07) is 3.15. The minimum absolute atomic E-state index is 0.0173. The molecule has 1 amide bonds. The van der Waals surface area contributed by atoms with Crippen LogP contribution in [0.5, 0.6) is 5.88 Å². The van der Waals surface area contributed by atoms with E-state index in [-0.39, 0.29) is 24.4 Å². The van der Waals surface area contributed by atoms with Crippen LogP contribution in [-0.4, -0.2) is 66.3 Å². The second-order valence-electron chi connectivity index (χ2n) is 7.75. The van der Waals surface area contributed by atoms with Gasteiger partial charge in [0.2, 0.25) is 21.8 Å². The molecule has 1 aliphatic heterocycles. The molecule has 0 radical (unpaired) electrons. The van der Waals surface area contributed by atoms with Crippen LogP contribution in [0.4, 0.5) is 0 Å². The van der Waals surface area contributed by atoms with Crippen LogP contribution in [0.15, 0.2) is 22.9 Å². The van der Waals surface area contributed by atoms with Crippen molar-refractivity contribution in [2.45, 2.75) is 31.2 Å². The molecular formula is C18H23N5O5S. The van der Waals surface area contributed by atoms with E-state index >= 15 is 0 Å². The van der Waals surface area contributed by atoms with Gasteiger partial charge in [-0.15, -0.1) is 0 Å². The Kier molecular flexibility index (Phi) is 4.82. The van der Waals surface area contributed by atoms with Crippen molar-refractivity contribution >= 4 is 15.9 Å². The average Bonchev–Trinajstić information content (AvgIpc) is 3.34. The Morgan fingerprint density at radius 1 is 1.41 bits per heavy atom. The summed E-state index contributed by atoms with van der Waals surface area (Å²) in [7, 11) is -1.83. The zero-order chi connectivity index (χ0) is 20.8. The molecule has 1 saturated heterocycles. The standard InChI is InChI=1S/C18H23N5O5S/c1-11-20-17(28-22-11)18-7-14(6-13(18)9-23(10-18)29(3,25)26)21-16(24)12-4-5-15(27-2)19-8-12/h4-5,8,13-14H,6-7,9-10H2,1-3H3,(H,21,24)/t13-,14+,18-/m0/s1. The van der Waals surface area contributed by atoms with Crippen LogP contribution in [-0.2, 0) is 15.4 Å². The molecule has 2 aromatic heterocycles. The monoisotopic (exact) mass is 421 g/mol. The number of carbonyl (C=O) groups is 1. The van der Waals surface area contributed by atoms with Gasteiger partial charge in [0.25, 0.3) is 5.91 Å². The molecule has 2 aliphatic rings. The molecule has 3 heterocycles. The van der Waals surface area contributed by atoms with Crippen LogP contribution in [0.2, 0.25) is 0 Å². The molecule has 0 unspecified atom stereocenters. The zero-order valence-corrected chi connectivity index (χ0v) is 17.3. The van der Waals surface area contributed by atoms with E-state index in [1.165, 1.54) is 23.9 Å². The van der Waals surface area contributed by atoms with Crippen LogP contribution in [0.3, 0.4) is 0 Å². The van der Waals surface area contributed by atoms with Gasteiger partial charge in [0, 0.05) is 31.4 Å². The van der Waals surface area contributed by atoms with E-state index in [0.717, 1.165) is 0 Å². The molecule has 3 atom stereocenters. The van der Waals surface area contributed by atoms with Gasteiger partial charge in [-0.2, -0.15) is 4.98 Å². The summed E-state index contributed by atoms with van der Waals surface area (Å²) in [4.78, 5) is 21.1. The summed E-state index contributed by atoms with van der Waals surface area (Å²) >= 11 is 0. The summed E-state index contributed by atoms with van der Waals surface area (Å²) in [5.74, 6) is 1.12. The SMILES string of the molecule is COc1ccc(C(=O)N[C@@H]2C[C@H]3CN(S(C)(=O)=O)C[C@@]3(c3nc(C)no3)C2)cn1. The molecule has 10 nitrogen and oxygen atoms in total. The summed E-state index contributed by atoms with van der Waals surface area (Å²) < 4.78 is 36.2. The molecular weight excluding hydrogens is 398 g/mol. The van der Waals surface area contributed by atoms with Gasteiger partial charge in [-0.05, 0) is 31.7 Å². The Balaban J connectivity index is 1.55. The van der Waals surface area contributed by atoms with E-state index in [2.05, 4.69) is 20.4 Å². The number of hydrogen-bond acceptors (Lipinski definition) is 8. The summed E-state index contributed by atoms with van der Waals surface area (Å²) in [6.07, 6.45) is 3.83. The predicted molar refractivity (Wildman–Crippen MR) is 102 cm³/mol. The smallest absolute Gasteiger partial charge is 0.253 e. The Morgan fingerprint density at radius 3 is 2.79 bits per heavy atom. The third kappa shape index (κ3) is 3.60. The number of nitrogens with zero attached hydrogens (tertiary/aromatic N) is 4. The Labute approximate surface area is 168 Å². The number of nitrogens with one attached hydrogen (secondary N) is 1. The summed E-state index contributed by atoms with van der Waals surface area (Å²) in [5.41, 5.74) is -0.163. The number of methoxy groups -OCH3 is 1. The van der Waals surface area contributed by atoms with E-state index in [9.17, 15) is 13.2 Å². The van der Waals surface area contributed by atoms with E-state index in [1.54, 1.807) is 19.1 Å². The highest BCUT2D eigenvalue weighted by Gasteiger charge is 2.59. The van der Waals surface area contributed by atoms with Crippen molar-refractivity contribution in [3.05, 3.63) is 35.6 Å². The lowest BCUT2D eigenvalue weighted by molar-refractivity contribution is 0.0934. The van der Waals surface area contributed by atoms with E-state index < -0.39 is 15.4 Å². The van der Waals surface area contributed by atoms with Crippen molar-refractivity contribution < 1.29 is 22.5 Å². The lowest BCUT2D eigenvalue weighted by Crippen LogP contribution is -2.39. The van der Waals surface area contributed by atoms with E-state index in [0.29, 0.717) is 42.5 Å². The number of pyridine rings is 1. The van der Waals surface area contributed by atoms with Gasteiger partial charge in [-0.25, -0.2) is 17.7 Å². The molecule has 156 valence electrons. The number of aromatic nitrogens is 3.